The zero-order chi connectivity index (χ0) is 15.9. The third-order valence-electron chi connectivity index (χ3n) is 3.68. The average molecular weight is 342 g/mol. The molecule has 1 aromatic carbocycles. The van der Waals surface area contributed by atoms with Crippen LogP contribution in [0, 0.1) is 0 Å². The first-order valence-corrected chi connectivity index (χ1v) is 7.58. The van der Waals surface area contributed by atoms with Crippen LogP contribution in [0.1, 0.15) is 25.7 Å². The van der Waals surface area contributed by atoms with Crippen molar-refractivity contribution in [2.45, 2.75) is 25.7 Å². The Bertz CT molecular complexity index is 551. The molecule has 1 fully saturated rings. The van der Waals surface area contributed by atoms with Crippen molar-refractivity contribution in [3.8, 4) is 5.75 Å². The minimum atomic E-state index is -0.0598. The molecule has 1 heterocycles. The number of carbonyl (C=O) groups is 2. The number of rotatable bonds is 6. The van der Waals surface area contributed by atoms with Gasteiger partial charge in [0.05, 0.1) is 12.8 Å². The van der Waals surface area contributed by atoms with Crippen molar-refractivity contribution in [3.63, 3.8) is 0 Å². The lowest BCUT2D eigenvalue weighted by Crippen LogP contribution is -2.35. The van der Waals surface area contributed by atoms with Crippen LogP contribution in [-0.4, -0.2) is 39.1 Å². The highest BCUT2D eigenvalue weighted by atomic mass is 35.5. The van der Waals surface area contributed by atoms with Crippen LogP contribution in [0.2, 0.25) is 0 Å². The number of methoxy groups -OCH3 is 1. The van der Waals surface area contributed by atoms with Crippen molar-refractivity contribution in [3.05, 3.63) is 18.2 Å². The molecule has 7 heteroatoms. The van der Waals surface area contributed by atoms with Crippen LogP contribution in [0.25, 0.3) is 0 Å². The van der Waals surface area contributed by atoms with E-state index in [2.05, 4.69) is 10.6 Å². The van der Waals surface area contributed by atoms with E-state index >= 15 is 0 Å². The molecular weight excluding hydrogens is 318 g/mol. The molecular formula is C16H24ClN3O3. The Kier molecular flexibility index (Phi) is 7.85. The molecule has 0 radical (unpaired) electrons. The smallest absolute Gasteiger partial charge is 0.227 e. The minimum Gasteiger partial charge on any atom is -0.495 e. The fourth-order valence-electron chi connectivity index (χ4n) is 2.50. The van der Waals surface area contributed by atoms with Gasteiger partial charge in [-0.1, -0.05) is 0 Å². The maximum Gasteiger partial charge on any atom is 0.227 e. The molecule has 0 saturated carbocycles. The molecule has 1 aromatic rings. The normalized spacial score (nSPS) is 14.2. The highest BCUT2D eigenvalue weighted by molar-refractivity contribution is 5.97. The van der Waals surface area contributed by atoms with Gasteiger partial charge in [0.2, 0.25) is 11.8 Å². The summed E-state index contributed by atoms with van der Waals surface area (Å²) in [6.45, 7) is 1.31. The van der Waals surface area contributed by atoms with Crippen LogP contribution in [0.15, 0.2) is 18.2 Å². The third-order valence-corrected chi connectivity index (χ3v) is 3.68. The molecule has 1 aliphatic rings. The van der Waals surface area contributed by atoms with E-state index in [-0.39, 0.29) is 24.2 Å². The zero-order valence-electron chi connectivity index (χ0n) is 13.6. The predicted octanol–water partition coefficient (Wildman–Crippen LogP) is 2.18. The molecule has 2 rings (SSSR count). The Morgan fingerprint density at radius 1 is 1.35 bits per heavy atom. The van der Waals surface area contributed by atoms with E-state index in [0.29, 0.717) is 37.4 Å². The molecule has 1 saturated heterocycles. The van der Waals surface area contributed by atoms with Gasteiger partial charge < -0.3 is 20.3 Å². The highest BCUT2D eigenvalue weighted by Gasteiger charge is 2.23. The second-order valence-electron chi connectivity index (χ2n) is 5.29. The van der Waals surface area contributed by atoms with Gasteiger partial charge in [0.25, 0.3) is 0 Å². The van der Waals surface area contributed by atoms with Crippen molar-refractivity contribution < 1.29 is 14.3 Å². The highest BCUT2D eigenvalue weighted by Crippen LogP contribution is 2.33. The van der Waals surface area contributed by atoms with E-state index in [1.54, 1.807) is 37.3 Å². The van der Waals surface area contributed by atoms with Gasteiger partial charge in [0.15, 0.2) is 0 Å². The van der Waals surface area contributed by atoms with Gasteiger partial charge in [-0.05, 0) is 38.1 Å². The summed E-state index contributed by atoms with van der Waals surface area (Å²) in [4.78, 5) is 25.7. The summed E-state index contributed by atoms with van der Waals surface area (Å²) >= 11 is 0. The number of nitrogens with one attached hydrogen (secondary N) is 2. The van der Waals surface area contributed by atoms with Gasteiger partial charge in [0.1, 0.15) is 5.75 Å². The topological polar surface area (TPSA) is 70.7 Å². The van der Waals surface area contributed by atoms with Crippen LogP contribution in [0.3, 0.4) is 0 Å². The van der Waals surface area contributed by atoms with E-state index in [1.165, 1.54) is 0 Å². The summed E-state index contributed by atoms with van der Waals surface area (Å²) in [5.41, 5.74) is 1.40. The summed E-state index contributed by atoms with van der Waals surface area (Å²) in [6.07, 6.45) is 2.87. The van der Waals surface area contributed by atoms with Gasteiger partial charge >= 0.3 is 0 Å². The van der Waals surface area contributed by atoms with E-state index in [4.69, 9.17) is 4.74 Å². The Morgan fingerprint density at radius 2 is 2.13 bits per heavy atom. The summed E-state index contributed by atoms with van der Waals surface area (Å²) in [7, 11) is 3.39. The van der Waals surface area contributed by atoms with E-state index in [1.807, 2.05) is 0 Å². The number of carbonyl (C=O) groups excluding carboxylic acids is 2. The van der Waals surface area contributed by atoms with Gasteiger partial charge in [-0.2, -0.15) is 0 Å². The molecule has 0 atom stereocenters. The maximum atomic E-state index is 12.1. The largest absolute Gasteiger partial charge is 0.495 e. The average Bonchev–Trinajstić information content (AvgIpc) is 2.53. The first-order valence-electron chi connectivity index (χ1n) is 7.58. The van der Waals surface area contributed by atoms with Crippen molar-refractivity contribution in [1.82, 2.24) is 5.32 Å². The third kappa shape index (κ3) is 5.11. The van der Waals surface area contributed by atoms with Gasteiger partial charge in [-0.3, -0.25) is 9.59 Å². The van der Waals surface area contributed by atoms with Crippen LogP contribution in [0.4, 0.5) is 11.4 Å². The second kappa shape index (κ2) is 9.37. The minimum absolute atomic E-state index is 0. The van der Waals surface area contributed by atoms with Crippen molar-refractivity contribution in [2.75, 3.05) is 37.5 Å². The standard InChI is InChI=1S/C16H23N3O3.ClH/c1-17-9-8-15(20)18-12-6-7-14(22-2)13(11-12)19-10-4-3-5-16(19)21;/h6-7,11,17H,3-5,8-10H2,1-2H3,(H,18,20);1H. The van der Waals surface area contributed by atoms with Crippen LogP contribution >= 0.6 is 12.4 Å². The van der Waals surface area contributed by atoms with Crippen LogP contribution in [0.5, 0.6) is 5.75 Å². The van der Waals surface area contributed by atoms with Crippen molar-refractivity contribution in [2.24, 2.45) is 0 Å². The molecule has 0 unspecified atom stereocenters. The number of ether oxygens (including phenoxy) is 1. The number of piperidine rings is 1. The fourth-order valence-corrected chi connectivity index (χ4v) is 2.50. The number of benzene rings is 1. The van der Waals surface area contributed by atoms with Crippen LogP contribution in [-0.2, 0) is 9.59 Å². The first kappa shape index (κ1) is 19.3. The molecule has 1 aliphatic heterocycles. The van der Waals surface area contributed by atoms with Gasteiger partial charge in [-0.15, -0.1) is 12.4 Å². The van der Waals surface area contributed by atoms with Crippen molar-refractivity contribution >= 4 is 35.6 Å². The lowest BCUT2D eigenvalue weighted by atomic mass is 10.1. The molecule has 0 spiro atoms. The summed E-state index contributed by atoms with van der Waals surface area (Å²) in [5, 5.41) is 5.79. The Balaban J connectivity index is 0.00000264. The fraction of sp³-hybridized carbons (Fsp3) is 0.500. The first-order chi connectivity index (χ1) is 10.7. The summed E-state index contributed by atoms with van der Waals surface area (Å²) in [6, 6.07) is 5.37. The number of anilines is 2. The number of hydrogen-bond donors (Lipinski definition) is 2. The molecule has 0 aromatic heterocycles. The van der Waals surface area contributed by atoms with E-state index in [0.717, 1.165) is 18.5 Å². The Hall–Kier alpha value is -1.79. The van der Waals surface area contributed by atoms with E-state index < -0.39 is 0 Å². The summed E-state index contributed by atoms with van der Waals surface area (Å²) < 4.78 is 5.36. The molecule has 0 aliphatic carbocycles. The molecule has 2 amide bonds. The maximum absolute atomic E-state index is 12.1. The summed E-state index contributed by atoms with van der Waals surface area (Å²) in [5.74, 6) is 0.683. The number of amides is 2. The molecule has 6 nitrogen and oxygen atoms in total. The monoisotopic (exact) mass is 341 g/mol. The van der Waals surface area contributed by atoms with Gasteiger partial charge in [0, 0.05) is 31.6 Å². The lowest BCUT2D eigenvalue weighted by Gasteiger charge is -2.28. The number of nitrogens with zero attached hydrogens (tertiary/aromatic N) is 1. The predicted molar refractivity (Wildman–Crippen MR) is 93.6 cm³/mol. The molecule has 0 bridgehead atoms. The lowest BCUT2D eigenvalue weighted by molar-refractivity contribution is -0.119. The van der Waals surface area contributed by atoms with Crippen molar-refractivity contribution in [1.29, 1.82) is 0 Å². The van der Waals surface area contributed by atoms with E-state index in [9.17, 15) is 9.59 Å². The Morgan fingerprint density at radius 3 is 2.78 bits per heavy atom. The van der Waals surface area contributed by atoms with Gasteiger partial charge in [-0.25, -0.2) is 0 Å². The molecule has 128 valence electrons. The zero-order valence-corrected chi connectivity index (χ0v) is 14.4. The second-order valence-corrected chi connectivity index (χ2v) is 5.29. The Labute approximate surface area is 143 Å². The SMILES string of the molecule is CNCCC(=O)Nc1ccc(OC)c(N2CCCCC2=O)c1.Cl. The van der Waals surface area contributed by atoms with Crippen LogP contribution < -0.4 is 20.3 Å². The molecule has 2 N–H and O–H groups in total. The number of halogens is 1. The number of hydrogen-bond acceptors (Lipinski definition) is 4. The quantitative estimate of drug-likeness (QED) is 0.832. The molecule has 23 heavy (non-hydrogen) atoms.